The molecular weight excluding hydrogens is 365 g/mol. The summed E-state index contributed by atoms with van der Waals surface area (Å²) in [7, 11) is 0. The maximum atomic E-state index is 12.7. The first kappa shape index (κ1) is 22.6. The number of aliphatic carboxylic acids is 1. The van der Waals surface area contributed by atoms with Gasteiger partial charge in [-0.05, 0) is 93.8 Å². The lowest BCUT2D eigenvalue weighted by atomic mass is 9.49. The Morgan fingerprint density at radius 1 is 0.966 bits per heavy atom. The van der Waals surface area contributed by atoms with E-state index in [9.17, 15) is 19.6 Å². The maximum Gasteiger partial charge on any atom is 0.310 e. The zero-order valence-electron chi connectivity index (χ0n) is 18.1. The molecule has 0 bridgehead atoms. The third-order valence-electron chi connectivity index (χ3n) is 9.14. The van der Waals surface area contributed by atoms with Gasteiger partial charge in [0.1, 0.15) is 0 Å². The molecule has 0 amide bonds. The number of rotatable bonds is 8. The van der Waals surface area contributed by atoms with Crippen LogP contribution in [0.25, 0.3) is 0 Å². The first-order valence-corrected chi connectivity index (χ1v) is 12.2. The smallest absolute Gasteiger partial charge is 0.310 e. The molecule has 3 aliphatic carbocycles. The number of hydrogen-bond donors (Lipinski definition) is 1. The molecule has 164 valence electrons. The highest BCUT2D eigenvalue weighted by molar-refractivity contribution is 5.76. The van der Waals surface area contributed by atoms with Crippen molar-refractivity contribution in [1.82, 2.24) is 0 Å². The van der Waals surface area contributed by atoms with Crippen molar-refractivity contribution in [2.75, 3.05) is 6.67 Å². The Morgan fingerprint density at radius 3 is 2.14 bits per heavy atom. The molecule has 0 aromatic heterocycles. The van der Waals surface area contributed by atoms with Crippen molar-refractivity contribution in [3.63, 3.8) is 0 Å². The standard InChI is InChI=1S/C25H40FNO2/c26-18-4-6-20-7-9-21(10-8-20)22-11-16-25(17-12-22,23(28)29)24(15-5-19-27)13-2-1-3-14-24/h20-22H,1-18H2,(H,28,29). The van der Waals surface area contributed by atoms with Gasteiger partial charge in [-0.3, -0.25) is 9.18 Å². The lowest BCUT2D eigenvalue weighted by Crippen LogP contribution is -2.51. The molecule has 0 atom stereocenters. The SMILES string of the molecule is N#CCCC1(C2(C(=O)O)CCC(C3CCC(CCCF)CC3)CC2)CCCCC1. The fourth-order valence-corrected chi connectivity index (χ4v) is 7.38. The van der Waals surface area contributed by atoms with Crippen LogP contribution < -0.4 is 0 Å². The second-order valence-corrected chi connectivity index (χ2v) is 10.3. The first-order valence-electron chi connectivity index (χ1n) is 12.2. The molecule has 3 aliphatic rings. The Morgan fingerprint density at radius 2 is 1.59 bits per heavy atom. The van der Waals surface area contributed by atoms with E-state index in [2.05, 4.69) is 6.07 Å². The Hall–Kier alpha value is -1.11. The summed E-state index contributed by atoms with van der Waals surface area (Å²) in [5, 5.41) is 19.6. The normalized spacial score (nSPS) is 35.0. The zero-order valence-corrected chi connectivity index (χ0v) is 18.1. The highest BCUT2D eigenvalue weighted by Crippen LogP contribution is 2.61. The van der Waals surface area contributed by atoms with Gasteiger partial charge < -0.3 is 5.11 Å². The Labute approximate surface area is 176 Å². The zero-order chi connectivity index (χ0) is 20.7. The number of nitriles is 1. The Bertz CT molecular complexity index is 562. The number of halogens is 1. The second kappa shape index (κ2) is 10.3. The molecule has 3 saturated carbocycles. The van der Waals surface area contributed by atoms with Gasteiger partial charge in [-0.25, -0.2) is 0 Å². The van der Waals surface area contributed by atoms with Gasteiger partial charge in [0.25, 0.3) is 0 Å². The van der Waals surface area contributed by atoms with Crippen LogP contribution in [0, 0.1) is 39.9 Å². The topological polar surface area (TPSA) is 61.1 Å². The number of carbonyl (C=O) groups is 1. The van der Waals surface area contributed by atoms with Crippen molar-refractivity contribution in [2.45, 2.75) is 109 Å². The predicted octanol–water partition coefficient (Wildman–Crippen LogP) is 7.06. The number of nitrogens with zero attached hydrogens (tertiary/aromatic N) is 1. The summed E-state index contributed by atoms with van der Waals surface area (Å²) in [4.78, 5) is 12.7. The van der Waals surface area contributed by atoms with Crippen molar-refractivity contribution >= 4 is 5.97 Å². The molecule has 3 rings (SSSR count). The van der Waals surface area contributed by atoms with Gasteiger partial charge in [0, 0.05) is 6.42 Å². The maximum absolute atomic E-state index is 12.7. The number of alkyl halides is 1. The molecule has 4 heteroatoms. The molecule has 0 radical (unpaired) electrons. The molecule has 0 unspecified atom stereocenters. The first-order chi connectivity index (χ1) is 14.1. The minimum atomic E-state index is -0.612. The van der Waals surface area contributed by atoms with Gasteiger partial charge >= 0.3 is 5.97 Å². The third kappa shape index (κ3) is 4.80. The molecule has 0 aromatic carbocycles. The molecular formula is C25H40FNO2. The molecule has 29 heavy (non-hydrogen) atoms. The minimum absolute atomic E-state index is 0.165. The van der Waals surface area contributed by atoms with Gasteiger partial charge in [-0.1, -0.05) is 32.1 Å². The fraction of sp³-hybridized carbons (Fsp3) is 0.920. The Balaban J connectivity index is 1.64. The quantitative estimate of drug-likeness (QED) is 0.470. The summed E-state index contributed by atoms with van der Waals surface area (Å²) in [6.07, 6.45) is 17.1. The van der Waals surface area contributed by atoms with Crippen molar-refractivity contribution in [2.24, 2.45) is 28.6 Å². The molecule has 0 spiro atoms. The molecule has 3 nitrogen and oxygen atoms in total. The number of hydrogen-bond acceptors (Lipinski definition) is 2. The van der Waals surface area contributed by atoms with Gasteiger partial charge in [0.05, 0.1) is 18.2 Å². The largest absolute Gasteiger partial charge is 0.481 e. The van der Waals surface area contributed by atoms with Gasteiger partial charge in [0.15, 0.2) is 0 Å². The average Bonchev–Trinajstić information content (AvgIpc) is 2.77. The highest BCUT2D eigenvalue weighted by atomic mass is 19.1. The summed E-state index contributed by atoms with van der Waals surface area (Å²) >= 11 is 0. The Kier molecular flexibility index (Phi) is 7.99. The molecule has 1 N–H and O–H groups in total. The minimum Gasteiger partial charge on any atom is -0.481 e. The lowest BCUT2D eigenvalue weighted by Gasteiger charge is -2.54. The number of carboxylic acid groups (broad SMARTS) is 1. The fourth-order valence-electron chi connectivity index (χ4n) is 7.38. The summed E-state index contributed by atoms with van der Waals surface area (Å²) in [5.41, 5.74) is -0.777. The van der Waals surface area contributed by atoms with Crippen molar-refractivity contribution in [1.29, 1.82) is 5.26 Å². The van der Waals surface area contributed by atoms with Crippen LogP contribution >= 0.6 is 0 Å². The van der Waals surface area contributed by atoms with Crippen LogP contribution in [-0.4, -0.2) is 17.8 Å². The van der Waals surface area contributed by atoms with E-state index in [4.69, 9.17) is 0 Å². The van der Waals surface area contributed by atoms with Crippen LogP contribution in [0.4, 0.5) is 4.39 Å². The monoisotopic (exact) mass is 405 g/mol. The highest BCUT2D eigenvalue weighted by Gasteiger charge is 2.57. The second-order valence-electron chi connectivity index (χ2n) is 10.3. The van der Waals surface area contributed by atoms with Crippen LogP contribution in [0.5, 0.6) is 0 Å². The van der Waals surface area contributed by atoms with E-state index >= 15 is 0 Å². The summed E-state index contributed by atoms with van der Waals surface area (Å²) in [6, 6.07) is 2.30. The van der Waals surface area contributed by atoms with Gasteiger partial charge in [-0.2, -0.15) is 5.26 Å². The van der Waals surface area contributed by atoms with E-state index < -0.39 is 11.4 Å². The van der Waals surface area contributed by atoms with Crippen molar-refractivity contribution in [3.05, 3.63) is 0 Å². The molecule has 3 fully saturated rings. The van der Waals surface area contributed by atoms with Crippen LogP contribution in [0.3, 0.4) is 0 Å². The van der Waals surface area contributed by atoms with Crippen LogP contribution in [-0.2, 0) is 4.79 Å². The van der Waals surface area contributed by atoms with Crippen LogP contribution in [0.15, 0.2) is 0 Å². The van der Waals surface area contributed by atoms with Gasteiger partial charge in [0.2, 0.25) is 0 Å². The van der Waals surface area contributed by atoms with Gasteiger partial charge in [-0.15, -0.1) is 0 Å². The summed E-state index contributed by atoms with van der Waals surface area (Å²) < 4.78 is 12.5. The van der Waals surface area contributed by atoms with Crippen LogP contribution in [0.1, 0.15) is 109 Å². The predicted molar refractivity (Wildman–Crippen MR) is 113 cm³/mol. The van der Waals surface area contributed by atoms with E-state index in [1.807, 2.05) is 0 Å². The van der Waals surface area contributed by atoms with Crippen molar-refractivity contribution in [3.8, 4) is 6.07 Å². The molecule has 0 saturated heterocycles. The summed E-state index contributed by atoms with van der Waals surface area (Å²) in [6.45, 7) is -0.187. The van der Waals surface area contributed by atoms with E-state index in [0.717, 1.165) is 70.1 Å². The van der Waals surface area contributed by atoms with Crippen LogP contribution in [0.2, 0.25) is 0 Å². The molecule has 0 aromatic rings. The average molecular weight is 406 g/mol. The van der Waals surface area contributed by atoms with E-state index in [-0.39, 0.29) is 12.1 Å². The van der Waals surface area contributed by atoms with E-state index in [1.54, 1.807) is 0 Å². The van der Waals surface area contributed by atoms with E-state index in [0.29, 0.717) is 24.7 Å². The summed E-state index contributed by atoms with van der Waals surface area (Å²) in [5.74, 6) is 1.52. The molecule has 0 aliphatic heterocycles. The third-order valence-corrected chi connectivity index (χ3v) is 9.14. The lowest BCUT2D eigenvalue weighted by molar-refractivity contribution is -0.168. The van der Waals surface area contributed by atoms with Crippen molar-refractivity contribution < 1.29 is 14.3 Å². The van der Waals surface area contributed by atoms with E-state index in [1.165, 1.54) is 32.1 Å². The number of carboxylic acids is 1. The molecule has 0 heterocycles.